The van der Waals surface area contributed by atoms with Crippen LogP contribution in [0.15, 0.2) is 18.3 Å². The van der Waals surface area contributed by atoms with Crippen LogP contribution in [0.25, 0.3) is 0 Å². The highest BCUT2D eigenvalue weighted by Gasteiger charge is 2.34. The fraction of sp³-hybridized carbons (Fsp3) is 0.600. The van der Waals surface area contributed by atoms with Crippen molar-refractivity contribution in [2.45, 2.75) is 50.6 Å². The van der Waals surface area contributed by atoms with Gasteiger partial charge in [-0.1, -0.05) is 18.9 Å². The van der Waals surface area contributed by atoms with Crippen molar-refractivity contribution in [2.24, 2.45) is 5.73 Å². The van der Waals surface area contributed by atoms with Crippen LogP contribution >= 0.6 is 0 Å². The molecule has 1 fully saturated rings. The lowest BCUT2D eigenvalue weighted by atomic mass is 9.93. The number of aromatic nitrogens is 1. The average Bonchev–Trinajstić information content (AvgIpc) is 2.84. The lowest BCUT2D eigenvalue weighted by Gasteiger charge is -2.31. The molecule has 102 valence electrons. The van der Waals surface area contributed by atoms with E-state index in [1.807, 2.05) is 17.2 Å². The van der Waals surface area contributed by atoms with Crippen LogP contribution in [0, 0.1) is 0 Å². The molecule has 2 heterocycles. The van der Waals surface area contributed by atoms with E-state index in [4.69, 9.17) is 5.73 Å². The summed E-state index contributed by atoms with van der Waals surface area (Å²) in [4.78, 5) is 18.7. The molecule has 2 aliphatic rings. The van der Waals surface area contributed by atoms with Crippen molar-refractivity contribution in [3.63, 3.8) is 0 Å². The van der Waals surface area contributed by atoms with Crippen LogP contribution in [0.4, 0.5) is 0 Å². The van der Waals surface area contributed by atoms with E-state index in [1.165, 1.54) is 5.56 Å². The summed E-state index contributed by atoms with van der Waals surface area (Å²) in [6, 6.07) is 4.00. The number of hydrogen-bond donors (Lipinski definition) is 1. The third-order valence-electron chi connectivity index (χ3n) is 4.42. The second kappa shape index (κ2) is 4.93. The lowest BCUT2D eigenvalue weighted by Crippen LogP contribution is -2.45. The van der Waals surface area contributed by atoms with Crippen LogP contribution in [0.5, 0.6) is 0 Å². The van der Waals surface area contributed by atoms with Gasteiger partial charge in [-0.2, -0.15) is 0 Å². The number of rotatable bonds is 2. The molecule has 0 bridgehead atoms. The van der Waals surface area contributed by atoms with Crippen molar-refractivity contribution in [3.8, 4) is 0 Å². The second-order valence-electron chi connectivity index (χ2n) is 5.92. The highest BCUT2D eigenvalue weighted by atomic mass is 16.2. The molecule has 1 aliphatic carbocycles. The molecule has 0 atom stereocenters. The van der Waals surface area contributed by atoms with Crippen molar-refractivity contribution >= 4 is 5.91 Å². The Labute approximate surface area is 114 Å². The molecule has 0 spiro atoms. The van der Waals surface area contributed by atoms with Gasteiger partial charge in [0.1, 0.15) is 0 Å². The fourth-order valence-corrected chi connectivity index (χ4v) is 3.25. The Balaban J connectivity index is 1.66. The number of hydrogen-bond acceptors (Lipinski definition) is 3. The number of carbonyl (C=O) groups is 1. The molecule has 19 heavy (non-hydrogen) atoms. The maximum Gasteiger partial charge on any atom is 0.224 e. The molecule has 1 saturated carbocycles. The maximum atomic E-state index is 12.4. The van der Waals surface area contributed by atoms with Crippen molar-refractivity contribution in [1.29, 1.82) is 0 Å². The van der Waals surface area contributed by atoms with E-state index in [9.17, 15) is 4.79 Å². The largest absolute Gasteiger partial charge is 0.338 e. The summed E-state index contributed by atoms with van der Waals surface area (Å²) in [6.07, 6.45) is 7.49. The number of fused-ring (bicyclic) bond motifs is 1. The van der Waals surface area contributed by atoms with Gasteiger partial charge < -0.3 is 10.6 Å². The Kier molecular flexibility index (Phi) is 3.27. The van der Waals surface area contributed by atoms with Crippen molar-refractivity contribution in [1.82, 2.24) is 9.88 Å². The van der Waals surface area contributed by atoms with Crippen LogP contribution in [0.1, 0.15) is 43.4 Å². The number of nitrogens with zero attached hydrogens (tertiary/aromatic N) is 2. The van der Waals surface area contributed by atoms with Gasteiger partial charge in [0.2, 0.25) is 5.91 Å². The summed E-state index contributed by atoms with van der Waals surface area (Å²) in [6.45, 7) is 1.47. The van der Waals surface area contributed by atoms with E-state index in [2.05, 4.69) is 11.1 Å². The molecule has 1 aromatic rings. The number of nitrogens with two attached hydrogens (primary N) is 1. The summed E-state index contributed by atoms with van der Waals surface area (Å²) in [7, 11) is 0. The van der Waals surface area contributed by atoms with E-state index < -0.39 is 0 Å². The van der Waals surface area contributed by atoms with Gasteiger partial charge in [-0.3, -0.25) is 9.78 Å². The molecule has 1 amide bonds. The van der Waals surface area contributed by atoms with Gasteiger partial charge in [0, 0.05) is 43.4 Å². The molecule has 0 radical (unpaired) electrons. The Morgan fingerprint density at radius 1 is 1.42 bits per heavy atom. The Morgan fingerprint density at radius 2 is 2.21 bits per heavy atom. The van der Waals surface area contributed by atoms with Crippen LogP contribution in [0.3, 0.4) is 0 Å². The van der Waals surface area contributed by atoms with Gasteiger partial charge in [-0.25, -0.2) is 0 Å². The number of amides is 1. The van der Waals surface area contributed by atoms with Gasteiger partial charge in [0.15, 0.2) is 0 Å². The van der Waals surface area contributed by atoms with Crippen LogP contribution in [0.2, 0.25) is 0 Å². The van der Waals surface area contributed by atoms with E-state index >= 15 is 0 Å². The minimum absolute atomic E-state index is 0.207. The molecule has 2 N–H and O–H groups in total. The quantitative estimate of drug-likeness (QED) is 0.878. The zero-order valence-corrected chi connectivity index (χ0v) is 11.3. The van der Waals surface area contributed by atoms with Gasteiger partial charge in [0.05, 0.1) is 0 Å². The third-order valence-corrected chi connectivity index (χ3v) is 4.42. The van der Waals surface area contributed by atoms with Crippen LogP contribution in [-0.4, -0.2) is 27.9 Å². The standard InChI is InChI=1S/C15H21N3O/c16-15(6-1-2-7-15)10-14(19)18-9-5-13-12(11-18)4-3-8-17-13/h3-4,8H,1-2,5-7,9-11,16H2. The predicted octanol–water partition coefficient (Wildman–Crippen LogP) is 1.63. The zero-order chi connectivity index (χ0) is 13.3. The van der Waals surface area contributed by atoms with E-state index in [0.717, 1.165) is 44.3 Å². The van der Waals surface area contributed by atoms with Crippen molar-refractivity contribution in [3.05, 3.63) is 29.6 Å². The number of pyridine rings is 1. The minimum Gasteiger partial charge on any atom is -0.338 e. The smallest absolute Gasteiger partial charge is 0.224 e. The summed E-state index contributed by atoms with van der Waals surface area (Å²) >= 11 is 0. The molecular weight excluding hydrogens is 238 g/mol. The van der Waals surface area contributed by atoms with E-state index in [0.29, 0.717) is 13.0 Å². The van der Waals surface area contributed by atoms with E-state index in [1.54, 1.807) is 0 Å². The highest BCUT2D eigenvalue weighted by Crippen LogP contribution is 2.31. The minimum atomic E-state index is -0.244. The van der Waals surface area contributed by atoms with E-state index in [-0.39, 0.29) is 11.4 Å². The average molecular weight is 259 g/mol. The first kappa shape index (κ1) is 12.6. The van der Waals surface area contributed by atoms with Crippen LogP contribution < -0.4 is 5.73 Å². The Bertz CT molecular complexity index is 480. The van der Waals surface area contributed by atoms with Crippen LogP contribution in [-0.2, 0) is 17.8 Å². The van der Waals surface area contributed by atoms with Gasteiger partial charge in [-0.15, -0.1) is 0 Å². The third kappa shape index (κ3) is 2.63. The molecule has 4 heteroatoms. The summed E-state index contributed by atoms with van der Waals surface area (Å²) in [5, 5.41) is 0. The Hall–Kier alpha value is -1.42. The topological polar surface area (TPSA) is 59.2 Å². The predicted molar refractivity (Wildman–Crippen MR) is 73.4 cm³/mol. The zero-order valence-electron chi connectivity index (χ0n) is 11.3. The maximum absolute atomic E-state index is 12.4. The molecule has 0 unspecified atom stereocenters. The second-order valence-corrected chi connectivity index (χ2v) is 5.92. The SMILES string of the molecule is NC1(CC(=O)N2CCc3ncccc3C2)CCCC1. The fourth-order valence-electron chi connectivity index (χ4n) is 3.25. The molecule has 1 aliphatic heterocycles. The molecule has 0 saturated heterocycles. The summed E-state index contributed by atoms with van der Waals surface area (Å²) in [5.74, 6) is 0.207. The van der Waals surface area contributed by atoms with Gasteiger partial charge in [-0.05, 0) is 24.5 Å². The normalized spacial score (nSPS) is 21.2. The molecule has 3 rings (SSSR count). The first-order valence-electron chi connectivity index (χ1n) is 7.16. The molecule has 4 nitrogen and oxygen atoms in total. The first-order chi connectivity index (χ1) is 9.16. The highest BCUT2D eigenvalue weighted by molar-refractivity contribution is 5.77. The number of carbonyl (C=O) groups excluding carboxylic acids is 1. The Morgan fingerprint density at radius 3 is 3.00 bits per heavy atom. The molecular formula is C15H21N3O. The molecule has 0 aromatic carbocycles. The van der Waals surface area contributed by atoms with Gasteiger partial charge >= 0.3 is 0 Å². The monoisotopic (exact) mass is 259 g/mol. The molecule has 1 aromatic heterocycles. The van der Waals surface area contributed by atoms with Crippen molar-refractivity contribution < 1.29 is 4.79 Å². The summed E-state index contributed by atoms with van der Waals surface area (Å²) < 4.78 is 0. The summed E-state index contributed by atoms with van der Waals surface area (Å²) in [5.41, 5.74) is 8.37. The lowest BCUT2D eigenvalue weighted by molar-refractivity contribution is -0.133. The first-order valence-corrected chi connectivity index (χ1v) is 7.16. The van der Waals surface area contributed by atoms with Gasteiger partial charge in [0.25, 0.3) is 0 Å². The van der Waals surface area contributed by atoms with Crippen molar-refractivity contribution in [2.75, 3.05) is 6.54 Å².